The first-order chi connectivity index (χ1) is 8.99. The number of hydrogen-bond donors (Lipinski definition) is 0. The van der Waals surface area contributed by atoms with Crippen LogP contribution in [0, 0.1) is 15.2 Å². The summed E-state index contributed by atoms with van der Waals surface area (Å²) >= 11 is 2.12. The van der Waals surface area contributed by atoms with Gasteiger partial charge in [-0.3, -0.25) is 4.79 Å². The van der Waals surface area contributed by atoms with Crippen molar-refractivity contribution in [2.75, 3.05) is 0 Å². The Labute approximate surface area is 123 Å². The van der Waals surface area contributed by atoms with Gasteiger partial charge in [-0.2, -0.15) is 0 Å². The Morgan fingerprint density at radius 1 is 1.05 bits per heavy atom. The van der Waals surface area contributed by atoms with Gasteiger partial charge in [0.1, 0.15) is 11.6 Å². The molecule has 0 saturated heterocycles. The van der Waals surface area contributed by atoms with Crippen LogP contribution in [0.2, 0.25) is 0 Å². The molecule has 0 bridgehead atoms. The van der Waals surface area contributed by atoms with Crippen molar-refractivity contribution in [3.63, 3.8) is 0 Å². The third kappa shape index (κ3) is 3.07. The van der Waals surface area contributed by atoms with Gasteiger partial charge in [-0.05, 0) is 59.0 Å². The Morgan fingerprint density at radius 2 is 1.68 bits per heavy atom. The van der Waals surface area contributed by atoms with Gasteiger partial charge in [0.25, 0.3) is 0 Å². The number of halogens is 3. The molecule has 96 valence electrons. The standard InChI is InChI=1S/C15H9F2IO/c1-9(13-7-4-11(16)8-14(13)17)15(19)10-2-5-12(18)6-3-10/h2-8H,1H2. The number of rotatable bonds is 3. The predicted molar refractivity (Wildman–Crippen MR) is 78.9 cm³/mol. The van der Waals surface area contributed by atoms with Gasteiger partial charge >= 0.3 is 0 Å². The van der Waals surface area contributed by atoms with Gasteiger partial charge in [-0.15, -0.1) is 0 Å². The lowest BCUT2D eigenvalue weighted by Gasteiger charge is -2.07. The van der Waals surface area contributed by atoms with E-state index in [9.17, 15) is 13.6 Å². The molecule has 0 saturated carbocycles. The van der Waals surface area contributed by atoms with Gasteiger partial charge in [-0.1, -0.05) is 6.58 Å². The first kappa shape index (κ1) is 13.9. The van der Waals surface area contributed by atoms with E-state index >= 15 is 0 Å². The quantitative estimate of drug-likeness (QED) is 0.443. The van der Waals surface area contributed by atoms with Crippen molar-refractivity contribution in [1.29, 1.82) is 0 Å². The van der Waals surface area contributed by atoms with Crippen molar-refractivity contribution < 1.29 is 13.6 Å². The molecule has 0 aliphatic heterocycles. The first-order valence-electron chi connectivity index (χ1n) is 5.43. The summed E-state index contributed by atoms with van der Waals surface area (Å²) in [5.41, 5.74) is 0.456. The summed E-state index contributed by atoms with van der Waals surface area (Å²) in [4.78, 5) is 12.1. The highest BCUT2D eigenvalue weighted by Crippen LogP contribution is 2.22. The molecule has 2 rings (SSSR count). The van der Waals surface area contributed by atoms with Crippen LogP contribution in [-0.4, -0.2) is 5.78 Å². The first-order valence-corrected chi connectivity index (χ1v) is 6.51. The number of benzene rings is 2. The van der Waals surface area contributed by atoms with Gasteiger partial charge in [0.05, 0.1) is 0 Å². The summed E-state index contributed by atoms with van der Waals surface area (Å²) in [6.07, 6.45) is 0. The zero-order valence-corrected chi connectivity index (χ0v) is 11.9. The number of Topliss-reactive ketones (excluding diaryl/α,β-unsaturated/α-hetero) is 1. The van der Waals surface area contributed by atoms with Gasteiger partial charge < -0.3 is 0 Å². The van der Waals surface area contributed by atoms with Crippen LogP contribution in [0.3, 0.4) is 0 Å². The Hall–Kier alpha value is -1.56. The molecular weight excluding hydrogens is 361 g/mol. The van der Waals surface area contributed by atoms with Crippen LogP contribution in [0.1, 0.15) is 15.9 Å². The van der Waals surface area contributed by atoms with E-state index in [4.69, 9.17) is 0 Å². The van der Waals surface area contributed by atoms with Crippen LogP contribution in [0.5, 0.6) is 0 Å². The molecule has 0 aliphatic rings. The maximum Gasteiger partial charge on any atom is 0.193 e. The van der Waals surface area contributed by atoms with Crippen molar-refractivity contribution in [2.24, 2.45) is 0 Å². The third-order valence-corrected chi connectivity index (χ3v) is 3.36. The summed E-state index contributed by atoms with van der Waals surface area (Å²) in [7, 11) is 0. The minimum Gasteiger partial charge on any atom is -0.289 e. The predicted octanol–water partition coefficient (Wildman–Crippen LogP) is 4.47. The van der Waals surface area contributed by atoms with E-state index in [1.54, 1.807) is 24.3 Å². The van der Waals surface area contributed by atoms with Crippen molar-refractivity contribution in [3.05, 3.63) is 75.4 Å². The third-order valence-electron chi connectivity index (χ3n) is 2.64. The fourth-order valence-corrected chi connectivity index (χ4v) is 1.99. The summed E-state index contributed by atoms with van der Waals surface area (Å²) in [6, 6.07) is 9.92. The van der Waals surface area contributed by atoms with E-state index in [-0.39, 0.29) is 16.9 Å². The molecule has 0 atom stereocenters. The molecule has 4 heteroatoms. The van der Waals surface area contributed by atoms with Crippen LogP contribution < -0.4 is 0 Å². The number of ketones is 1. The fourth-order valence-electron chi connectivity index (χ4n) is 1.63. The SMILES string of the molecule is C=C(C(=O)c1ccc(I)cc1)c1ccc(F)cc1F. The lowest BCUT2D eigenvalue weighted by Crippen LogP contribution is -2.03. The number of carbonyl (C=O) groups excluding carboxylic acids is 1. The van der Waals surface area contributed by atoms with Crippen molar-refractivity contribution >= 4 is 33.9 Å². The lowest BCUT2D eigenvalue weighted by atomic mass is 9.98. The fraction of sp³-hybridized carbons (Fsp3) is 0. The van der Waals surface area contributed by atoms with Crippen molar-refractivity contribution in [3.8, 4) is 0 Å². The van der Waals surface area contributed by atoms with Gasteiger partial charge in [-0.25, -0.2) is 8.78 Å². The molecule has 19 heavy (non-hydrogen) atoms. The molecule has 0 heterocycles. The summed E-state index contributed by atoms with van der Waals surface area (Å²) in [6.45, 7) is 3.60. The molecule has 0 aromatic heterocycles. The Kier molecular flexibility index (Phi) is 4.09. The van der Waals surface area contributed by atoms with Gasteiger partial charge in [0, 0.05) is 26.3 Å². The topological polar surface area (TPSA) is 17.1 Å². The van der Waals surface area contributed by atoms with Gasteiger partial charge in [0.15, 0.2) is 5.78 Å². The van der Waals surface area contributed by atoms with Crippen LogP contribution in [-0.2, 0) is 0 Å². The molecular formula is C15H9F2IO. The summed E-state index contributed by atoms with van der Waals surface area (Å²) in [5, 5.41) is 0. The van der Waals surface area contributed by atoms with E-state index in [0.717, 1.165) is 15.7 Å². The maximum absolute atomic E-state index is 13.6. The molecule has 0 radical (unpaired) electrons. The zero-order valence-electron chi connectivity index (χ0n) is 9.79. The average molecular weight is 370 g/mol. The average Bonchev–Trinajstić information content (AvgIpc) is 2.38. The van der Waals surface area contributed by atoms with E-state index in [1.807, 2.05) is 0 Å². The molecule has 2 aromatic rings. The Bertz CT molecular complexity index is 648. The Balaban J connectivity index is 2.33. The van der Waals surface area contributed by atoms with Crippen molar-refractivity contribution in [1.82, 2.24) is 0 Å². The monoisotopic (exact) mass is 370 g/mol. The smallest absolute Gasteiger partial charge is 0.193 e. The van der Waals surface area contributed by atoms with Gasteiger partial charge in [0.2, 0.25) is 0 Å². The molecule has 0 spiro atoms. The van der Waals surface area contributed by atoms with E-state index in [2.05, 4.69) is 29.2 Å². The molecule has 0 aliphatic carbocycles. The second-order valence-corrected chi connectivity index (χ2v) is 5.18. The largest absolute Gasteiger partial charge is 0.289 e. The highest BCUT2D eigenvalue weighted by molar-refractivity contribution is 14.1. The second kappa shape index (κ2) is 5.61. The molecule has 0 N–H and O–H groups in total. The van der Waals surface area contributed by atoms with Crippen LogP contribution >= 0.6 is 22.6 Å². The minimum atomic E-state index is -0.788. The molecule has 0 unspecified atom stereocenters. The number of hydrogen-bond acceptors (Lipinski definition) is 1. The van der Waals surface area contributed by atoms with E-state index in [0.29, 0.717) is 5.56 Å². The highest BCUT2D eigenvalue weighted by atomic mass is 127. The normalized spacial score (nSPS) is 10.3. The van der Waals surface area contributed by atoms with E-state index in [1.165, 1.54) is 6.07 Å². The maximum atomic E-state index is 13.6. The molecule has 1 nitrogen and oxygen atoms in total. The summed E-state index contributed by atoms with van der Waals surface area (Å²) in [5.74, 6) is -1.85. The lowest BCUT2D eigenvalue weighted by molar-refractivity contribution is 0.105. The number of allylic oxidation sites excluding steroid dienone is 1. The molecule has 2 aromatic carbocycles. The second-order valence-electron chi connectivity index (χ2n) is 3.94. The van der Waals surface area contributed by atoms with Crippen LogP contribution in [0.25, 0.3) is 5.57 Å². The molecule has 0 fully saturated rings. The van der Waals surface area contributed by atoms with E-state index < -0.39 is 11.6 Å². The van der Waals surface area contributed by atoms with Crippen LogP contribution in [0.4, 0.5) is 8.78 Å². The van der Waals surface area contributed by atoms with Crippen LogP contribution in [0.15, 0.2) is 49.0 Å². The zero-order chi connectivity index (χ0) is 14.0. The molecule has 0 amide bonds. The van der Waals surface area contributed by atoms with Crippen molar-refractivity contribution in [2.45, 2.75) is 0 Å². The highest BCUT2D eigenvalue weighted by Gasteiger charge is 2.15. The Morgan fingerprint density at radius 3 is 2.26 bits per heavy atom. The summed E-state index contributed by atoms with van der Waals surface area (Å²) < 4.78 is 27.4. The minimum absolute atomic E-state index is 0.0127. The number of carbonyl (C=O) groups is 1.